The van der Waals surface area contributed by atoms with Crippen LogP contribution in [0.5, 0.6) is 0 Å². The van der Waals surface area contributed by atoms with Crippen molar-refractivity contribution in [2.45, 2.75) is 33.7 Å². The van der Waals surface area contributed by atoms with Crippen LogP contribution in [0.15, 0.2) is 34.9 Å². The van der Waals surface area contributed by atoms with Crippen LogP contribution in [0.1, 0.15) is 28.9 Å². The van der Waals surface area contributed by atoms with Gasteiger partial charge in [0.2, 0.25) is 15.9 Å². The lowest BCUT2D eigenvalue weighted by Gasteiger charge is -2.26. The van der Waals surface area contributed by atoms with Gasteiger partial charge in [-0.2, -0.15) is 0 Å². The molecule has 0 spiro atoms. The van der Waals surface area contributed by atoms with E-state index in [-0.39, 0.29) is 25.4 Å². The van der Waals surface area contributed by atoms with Crippen LogP contribution in [0.3, 0.4) is 0 Å². The van der Waals surface area contributed by atoms with Gasteiger partial charge in [-0.05, 0) is 44.0 Å². The number of benzene rings is 1. The van der Waals surface area contributed by atoms with Crippen molar-refractivity contribution in [3.05, 3.63) is 53.0 Å². The summed E-state index contributed by atoms with van der Waals surface area (Å²) in [5.41, 5.74) is 3.47. The Bertz CT molecular complexity index is 819. The number of furan rings is 1. The first-order valence-corrected chi connectivity index (χ1v) is 9.88. The van der Waals surface area contributed by atoms with E-state index in [1.165, 1.54) is 10.6 Å². The van der Waals surface area contributed by atoms with E-state index in [0.717, 1.165) is 22.9 Å². The first-order chi connectivity index (χ1) is 11.7. The lowest BCUT2D eigenvalue weighted by molar-refractivity contribution is -0.121. The van der Waals surface area contributed by atoms with Crippen molar-refractivity contribution >= 4 is 21.6 Å². The average Bonchev–Trinajstić information content (AvgIpc) is 2.99. The van der Waals surface area contributed by atoms with Gasteiger partial charge in [-0.25, -0.2) is 8.42 Å². The number of rotatable bonds is 7. The number of nitrogens with zero attached hydrogens (tertiary/aromatic N) is 1. The van der Waals surface area contributed by atoms with Gasteiger partial charge >= 0.3 is 0 Å². The lowest BCUT2D eigenvalue weighted by atomic mass is 10.1. The zero-order valence-electron chi connectivity index (χ0n) is 15.0. The molecule has 0 atom stereocenters. The van der Waals surface area contributed by atoms with Gasteiger partial charge in [0.25, 0.3) is 0 Å². The van der Waals surface area contributed by atoms with Crippen molar-refractivity contribution in [2.24, 2.45) is 0 Å². The van der Waals surface area contributed by atoms with Crippen molar-refractivity contribution in [2.75, 3.05) is 17.1 Å². The van der Waals surface area contributed by atoms with Crippen molar-refractivity contribution in [1.29, 1.82) is 0 Å². The van der Waals surface area contributed by atoms with E-state index in [0.29, 0.717) is 11.4 Å². The number of anilines is 1. The average molecular weight is 364 g/mol. The number of hydrogen-bond acceptors (Lipinski definition) is 4. The number of carbonyl (C=O) groups excluding carboxylic acids is 1. The molecule has 1 amide bonds. The number of amides is 1. The Hall–Kier alpha value is -2.28. The number of aryl methyl sites for hydroxylation is 3. The molecule has 6 nitrogen and oxygen atoms in total. The second kappa shape index (κ2) is 7.74. The molecule has 2 aromatic rings. The first kappa shape index (κ1) is 19.1. The van der Waals surface area contributed by atoms with Crippen LogP contribution in [0.4, 0.5) is 5.69 Å². The molecule has 1 N–H and O–H groups in total. The Morgan fingerprint density at radius 3 is 2.36 bits per heavy atom. The summed E-state index contributed by atoms with van der Waals surface area (Å²) in [5.74, 6) is 0.422. The van der Waals surface area contributed by atoms with E-state index in [9.17, 15) is 13.2 Å². The quantitative estimate of drug-likeness (QED) is 0.819. The highest BCUT2D eigenvalue weighted by Crippen LogP contribution is 2.28. The molecule has 2 rings (SSSR count). The molecular weight excluding hydrogens is 340 g/mol. The molecule has 0 unspecified atom stereocenters. The van der Waals surface area contributed by atoms with Gasteiger partial charge in [-0.1, -0.05) is 17.7 Å². The number of sulfonamides is 1. The van der Waals surface area contributed by atoms with Gasteiger partial charge in [-0.15, -0.1) is 0 Å². The number of carbonyl (C=O) groups is 1. The van der Waals surface area contributed by atoms with Gasteiger partial charge in [0, 0.05) is 13.0 Å². The topological polar surface area (TPSA) is 79.6 Å². The minimum absolute atomic E-state index is 0.0700. The number of nitrogens with one attached hydrogen (secondary N) is 1. The van der Waals surface area contributed by atoms with Gasteiger partial charge in [0.1, 0.15) is 5.76 Å². The largest absolute Gasteiger partial charge is 0.467 e. The molecule has 0 fully saturated rings. The Balaban J connectivity index is 2.10. The van der Waals surface area contributed by atoms with Crippen molar-refractivity contribution in [1.82, 2.24) is 5.32 Å². The van der Waals surface area contributed by atoms with Crippen molar-refractivity contribution in [3.63, 3.8) is 0 Å². The summed E-state index contributed by atoms with van der Waals surface area (Å²) < 4.78 is 31.0. The molecule has 0 saturated heterocycles. The van der Waals surface area contributed by atoms with Crippen LogP contribution in [-0.4, -0.2) is 27.1 Å². The normalized spacial score (nSPS) is 11.4. The third kappa shape index (κ3) is 5.09. The van der Waals surface area contributed by atoms with Crippen LogP contribution in [-0.2, 0) is 21.4 Å². The van der Waals surface area contributed by atoms with E-state index in [1.54, 1.807) is 12.1 Å². The van der Waals surface area contributed by atoms with E-state index < -0.39 is 10.0 Å². The first-order valence-electron chi connectivity index (χ1n) is 8.03. The Morgan fingerprint density at radius 1 is 1.20 bits per heavy atom. The fraction of sp³-hybridized carbons (Fsp3) is 0.389. The summed E-state index contributed by atoms with van der Waals surface area (Å²) in [4.78, 5) is 12.1. The highest BCUT2D eigenvalue weighted by molar-refractivity contribution is 7.92. The van der Waals surface area contributed by atoms with E-state index in [2.05, 4.69) is 5.32 Å². The summed E-state index contributed by atoms with van der Waals surface area (Å²) in [6.45, 7) is 6.10. The zero-order chi connectivity index (χ0) is 18.6. The van der Waals surface area contributed by atoms with Crippen LogP contribution in [0.2, 0.25) is 0 Å². The molecule has 1 aromatic carbocycles. The highest BCUT2D eigenvalue weighted by Gasteiger charge is 2.22. The monoisotopic (exact) mass is 364 g/mol. The standard InChI is InChI=1S/C18H24N2O4S/c1-13-10-14(2)18(15(3)11-13)20(25(4,22)23)8-7-17(21)19-12-16-6-5-9-24-16/h5-6,9-11H,7-8,12H2,1-4H3,(H,19,21). The van der Waals surface area contributed by atoms with Crippen molar-refractivity contribution < 1.29 is 17.6 Å². The second-order valence-electron chi connectivity index (χ2n) is 6.19. The molecule has 0 aliphatic rings. The van der Waals surface area contributed by atoms with Crippen LogP contribution in [0, 0.1) is 20.8 Å². The molecule has 0 radical (unpaired) electrons. The summed E-state index contributed by atoms with van der Waals surface area (Å²) in [6, 6.07) is 7.40. The molecule has 1 heterocycles. The van der Waals surface area contributed by atoms with Gasteiger partial charge in [0.05, 0.1) is 24.8 Å². The minimum Gasteiger partial charge on any atom is -0.467 e. The van der Waals surface area contributed by atoms with Crippen molar-refractivity contribution in [3.8, 4) is 0 Å². The fourth-order valence-electron chi connectivity index (χ4n) is 2.90. The predicted octanol–water partition coefficient (Wildman–Crippen LogP) is 2.68. The summed E-state index contributed by atoms with van der Waals surface area (Å²) in [7, 11) is -3.49. The smallest absolute Gasteiger partial charge is 0.232 e. The molecular formula is C18H24N2O4S. The maximum absolute atomic E-state index is 12.3. The zero-order valence-corrected chi connectivity index (χ0v) is 15.8. The van der Waals surface area contributed by atoms with E-state index in [1.807, 2.05) is 32.9 Å². The number of hydrogen-bond donors (Lipinski definition) is 1. The fourth-order valence-corrected chi connectivity index (χ4v) is 3.94. The molecule has 7 heteroatoms. The highest BCUT2D eigenvalue weighted by atomic mass is 32.2. The molecule has 136 valence electrons. The van der Waals surface area contributed by atoms with Gasteiger partial charge < -0.3 is 9.73 Å². The van der Waals surface area contributed by atoms with E-state index in [4.69, 9.17) is 4.42 Å². The summed E-state index contributed by atoms with van der Waals surface area (Å²) in [5, 5.41) is 2.73. The third-order valence-corrected chi connectivity index (χ3v) is 5.03. The Kier molecular flexibility index (Phi) is 5.89. The molecule has 1 aromatic heterocycles. The van der Waals surface area contributed by atoms with E-state index >= 15 is 0 Å². The lowest BCUT2D eigenvalue weighted by Crippen LogP contribution is -2.35. The molecule has 0 aliphatic carbocycles. The molecule has 0 saturated carbocycles. The third-order valence-electron chi connectivity index (χ3n) is 3.87. The van der Waals surface area contributed by atoms with Gasteiger partial charge in [0.15, 0.2) is 0 Å². The molecule has 25 heavy (non-hydrogen) atoms. The molecule has 0 bridgehead atoms. The SMILES string of the molecule is Cc1cc(C)c(N(CCC(=O)NCc2ccco2)S(C)(=O)=O)c(C)c1. The summed E-state index contributed by atoms with van der Waals surface area (Å²) in [6.07, 6.45) is 2.77. The molecule has 0 aliphatic heterocycles. The predicted molar refractivity (Wildman–Crippen MR) is 98.0 cm³/mol. The second-order valence-corrected chi connectivity index (χ2v) is 8.10. The van der Waals surface area contributed by atoms with Crippen LogP contribution in [0.25, 0.3) is 0 Å². The Labute approximate surface area is 148 Å². The van der Waals surface area contributed by atoms with Crippen LogP contribution >= 0.6 is 0 Å². The summed E-state index contributed by atoms with van der Waals surface area (Å²) >= 11 is 0. The van der Waals surface area contributed by atoms with Gasteiger partial charge in [-0.3, -0.25) is 9.10 Å². The maximum atomic E-state index is 12.3. The maximum Gasteiger partial charge on any atom is 0.232 e. The van der Waals surface area contributed by atoms with Crippen LogP contribution < -0.4 is 9.62 Å². The Morgan fingerprint density at radius 2 is 1.84 bits per heavy atom. The minimum atomic E-state index is -3.49.